The van der Waals surface area contributed by atoms with Crippen molar-refractivity contribution in [3.63, 3.8) is 0 Å². The highest BCUT2D eigenvalue weighted by molar-refractivity contribution is 5.94. The molecule has 1 aliphatic heterocycles. The van der Waals surface area contributed by atoms with E-state index in [2.05, 4.69) is 20.2 Å². The van der Waals surface area contributed by atoms with Gasteiger partial charge in [0, 0.05) is 40.4 Å². The molecule has 7 heteroatoms. The lowest BCUT2D eigenvalue weighted by molar-refractivity contribution is 0.0950. The van der Waals surface area contributed by atoms with Gasteiger partial charge in [0.2, 0.25) is 5.95 Å². The van der Waals surface area contributed by atoms with Crippen LogP contribution in [0.5, 0.6) is 0 Å². The normalized spacial score (nSPS) is 14.8. The predicted molar refractivity (Wildman–Crippen MR) is 104 cm³/mol. The van der Waals surface area contributed by atoms with E-state index in [1.165, 1.54) is 25.7 Å². The molecule has 0 atom stereocenters. The van der Waals surface area contributed by atoms with Gasteiger partial charge in [0.05, 0.1) is 24.0 Å². The number of pyridine rings is 1. The van der Waals surface area contributed by atoms with Crippen molar-refractivity contribution in [2.45, 2.75) is 32.2 Å². The van der Waals surface area contributed by atoms with E-state index in [1.54, 1.807) is 12.4 Å². The van der Waals surface area contributed by atoms with Crippen molar-refractivity contribution in [3.8, 4) is 0 Å². The van der Waals surface area contributed by atoms with Gasteiger partial charge in [-0.25, -0.2) is 9.97 Å². The van der Waals surface area contributed by atoms with Crippen LogP contribution in [0.2, 0.25) is 0 Å². The van der Waals surface area contributed by atoms with Crippen molar-refractivity contribution in [3.05, 3.63) is 35.8 Å². The van der Waals surface area contributed by atoms with Gasteiger partial charge in [-0.2, -0.15) is 0 Å². The summed E-state index contributed by atoms with van der Waals surface area (Å²) in [5.41, 5.74) is 1.54. The molecule has 26 heavy (non-hydrogen) atoms. The van der Waals surface area contributed by atoms with E-state index >= 15 is 0 Å². The summed E-state index contributed by atoms with van der Waals surface area (Å²) in [5, 5.41) is 2.95. The number of anilines is 2. The average Bonchev–Trinajstić information content (AvgIpc) is 2.84. The van der Waals surface area contributed by atoms with Crippen molar-refractivity contribution in [1.29, 1.82) is 0 Å². The van der Waals surface area contributed by atoms with Crippen LogP contribution in [-0.2, 0) is 13.6 Å². The lowest BCUT2D eigenvalue weighted by atomic mass is 10.2. The Hall–Kier alpha value is -2.57. The Labute approximate surface area is 155 Å². The molecule has 1 amide bonds. The van der Waals surface area contributed by atoms with Gasteiger partial charge in [-0.3, -0.25) is 4.79 Å². The molecule has 0 spiro atoms. The van der Waals surface area contributed by atoms with Gasteiger partial charge >= 0.3 is 0 Å². The Morgan fingerprint density at radius 3 is 2.42 bits per heavy atom. The van der Waals surface area contributed by atoms with Crippen molar-refractivity contribution in [1.82, 2.24) is 19.9 Å². The zero-order chi connectivity index (χ0) is 18.5. The van der Waals surface area contributed by atoms with Gasteiger partial charge in [0.1, 0.15) is 5.82 Å². The fraction of sp³-hybridized carbons (Fsp3) is 0.526. The first kappa shape index (κ1) is 18.2. The van der Waals surface area contributed by atoms with E-state index in [1.807, 2.05) is 42.7 Å². The summed E-state index contributed by atoms with van der Waals surface area (Å²) >= 11 is 0. The van der Waals surface area contributed by atoms with Crippen LogP contribution in [0.1, 0.15) is 41.7 Å². The molecule has 0 aromatic carbocycles. The molecule has 2 aromatic heterocycles. The summed E-state index contributed by atoms with van der Waals surface area (Å²) in [7, 11) is 5.84. The summed E-state index contributed by atoms with van der Waals surface area (Å²) in [6.07, 6.45) is 8.47. The average molecular weight is 356 g/mol. The molecule has 1 N–H and O–H groups in total. The van der Waals surface area contributed by atoms with E-state index in [-0.39, 0.29) is 5.91 Å². The fourth-order valence-electron chi connectivity index (χ4n) is 3.29. The third-order valence-corrected chi connectivity index (χ3v) is 4.83. The Balaban J connectivity index is 1.59. The van der Waals surface area contributed by atoms with Gasteiger partial charge in [-0.1, -0.05) is 12.8 Å². The van der Waals surface area contributed by atoms with Gasteiger partial charge in [-0.15, -0.1) is 0 Å². The number of carbonyl (C=O) groups is 1. The zero-order valence-electron chi connectivity index (χ0n) is 15.9. The van der Waals surface area contributed by atoms with E-state index < -0.39 is 0 Å². The third-order valence-electron chi connectivity index (χ3n) is 4.83. The SMILES string of the molecule is CN(C)c1ncc(CNC(=O)c2ccc(N3CCCCCC3)nc2)n1C. The molecular formula is C19H28N6O. The lowest BCUT2D eigenvalue weighted by Crippen LogP contribution is -2.26. The number of amides is 1. The smallest absolute Gasteiger partial charge is 0.253 e. The molecule has 7 nitrogen and oxygen atoms in total. The first-order chi connectivity index (χ1) is 12.6. The number of imidazole rings is 1. The highest BCUT2D eigenvalue weighted by Gasteiger charge is 2.13. The standard InChI is InChI=1S/C19H28N6O/c1-23(2)19-22-14-16(24(19)3)13-21-18(26)15-8-9-17(20-12-15)25-10-6-4-5-7-11-25/h8-9,12,14H,4-7,10-11,13H2,1-3H3,(H,21,26). The fourth-order valence-corrected chi connectivity index (χ4v) is 3.29. The van der Waals surface area contributed by atoms with E-state index in [4.69, 9.17) is 0 Å². The molecule has 2 aromatic rings. The van der Waals surface area contributed by atoms with Crippen LogP contribution in [0, 0.1) is 0 Å². The minimum absolute atomic E-state index is 0.118. The quantitative estimate of drug-likeness (QED) is 0.890. The van der Waals surface area contributed by atoms with Gasteiger partial charge < -0.3 is 19.7 Å². The van der Waals surface area contributed by atoms with Crippen LogP contribution in [0.3, 0.4) is 0 Å². The Kier molecular flexibility index (Phi) is 5.75. The summed E-state index contributed by atoms with van der Waals surface area (Å²) in [4.78, 5) is 25.5. The van der Waals surface area contributed by atoms with Crippen LogP contribution in [0.25, 0.3) is 0 Å². The van der Waals surface area contributed by atoms with Gasteiger partial charge in [0.15, 0.2) is 0 Å². The number of nitrogens with one attached hydrogen (secondary N) is 1. The van der Waals surface area contributed by atoms with Gasteiger partial charge in [-0.05, 0) is 25.0 Å². The lowest BCUT2D eigenvalue weighted by Gasteiger charge is -2.21. The zero-order valence-corrected chi connectivity index (χ0v) is 15.9. The van der Waals surface area contributed by atoms with Crippen LogP contribution >= 0.6 is 0 Å². The molecule has 0 aliphatic carbocycles. The first-order valence-electron chi connectivity index (χ1n) is 9.23. The van der Waals surface area contributed by atoms with Crippen LogP contribution < -0.4 is 15.1 Å². The van der Waals surface area contributed by atoms with Crippen molar-refractivity contribution >= 4 is 17.7 Å². The summed E-state index contributed by atoms with van der Waals surface area (Å²) in [6, 6.07) is 3.81. The second-order valence-corrected chi connectivity index (χ2v) is 6.99. The molecule has 1 aliphatic rings. The van der Waals surface area contributed by atoms with Crippen molar-refractivity contribution in [2.24, 2.45) is 7.05 Å². The highest BCUT2D eigenvalue weighted by Crippen LogP contribution is 2.17. The number of aromatic nitrogens is 3. The molecule has 0 radical (unpaired) electrons. The first-order valence-corrected chi connectivity index (χ1v) is 9.23. The second kappa shape index (κ2) is 8.21. The topological polar surface area (TPSA) is 66.3 Å². The molecule has 0 saturated carbocycles. The van der Waals surface area contributed by atoms with Crippen LogP contribution in [-0.4, -0.2) is 47.6 Å². The second-order valence-electron chi connectivity index (χ2n) is 6.99. The molecular weight excluding hydrogens is 328 g/mol. The molecule has 0 unspecified atom stereocenters. The van der Waals surface area contributed by atoms with Crippen LogP contribution in [0.15, 0.2) is 24.5 Å². The predicted octanol–water partition coefficient (Wildman–Crippen LogP) is 2.19. The maximum Gasteiger partial charge on any atom is 0.253 e. The highest BCUT2D eigenvalue weighted by atomic mass is 16.1. The van der Waals surface area contributed by atoms with E-state index in [0.717, 1.165) is 30.5 Å². The molecule has 140 valence electrons. The van der Waals surface area contributed by atoms with Crippen LogP contribution in [0.4, 0.5) is 11.8 Å². The molecule has 1 fully saturated rings. The minimum Gasteiger partial charge on any atom is -0.357 e. The Morgan fingerprint density at radius 2 is 1.85 bits per heavy atom. The molecule has 0 bridgehead atoms. The van der Waals surface area contributed by atoms with Gasteiger partial charge in [0.25, 0.3) is 5.91 Å². The number of hydrogen-bond acceptors (Lipinski definition) is 5. The third kappa shape index (κ3) is 4.15. The van der Waals surface area contributed by atoms with Crippen molar-refractivity contribution < 1.29 is 4.79 Å². The Bertz CT molecular complexity index is 729. The van der Waals surface area contributed by atoms with Crippen molar-refractivity contribution in [2.75, 3.05) is 37.0 Å². The maximum atomic E-state index is 12.4. The Morgan fingerprint density at radius 1 is 1.12 bits per heavy atom. The summed E-state index contributed by atoms with van der Waals surface area (Å²) in [5.74, 6) is 1.70. The van der Waals surface area contributed by atoms with E-state index in [0.29, 0.717) is 12.1 Å². The monoisotopic (exact) mass is 356 g/mol. The number of nitrogens with zero attached hydrogens (tertiary/aromatic N) is 5. The largest absolute Gasteiger partial charge is 0.357 e. The molecule has 1 saturated heterocycles. The number of hydrogen-bond donors (Lipinski definition) is 1. The molecule has 3 rings (SSSR count). The number of rotatable bonds is 5. The maximum absolute atomic E-state index is 12.4. The summed E-state index contributed by atoms with van der Waals surface area (Å²) < 4.78 is 1.97. The number of carbonyl (C=O) groups excluding carboxylic acids is 1. The minimum atomic E-state index is -0.118. The summed E-state index contributed by atoms with van der Waals surface area (Å²) in [6.45, 7) is 2.53. The molecule has 3 heterocycles. The van der Waals surface area contributed by atoms with E-state index in [9.17, 15) is 4.79 Å².